The molecule has 136 valence electrons. The molecule has 0 aromatic heterocycles. The molecule has 4 heteroatoms. The molecule has 3 rings (SSSR count). The molecule has 1 aromatic rings. The number of phenolic OH excluding ortho intramolecular Hbond substituents is 1. The molecule has 0 bridgehead atoms. The molecule has 0 fully saturated rings. The van der Waals surface area contributed by atoms with E-state index in [1.807, 2.05) is 6.07 Å². The molecule has 2 aliphatic rings. The van der Waals surface area contributed by atoms with E-state index in [1.165, 1.54) is 5.56 Å². The van der Waals surface area contributed by atoms with Gasteiger partial charge in [0.15, 0.2) is 5.78 Å². The Morgan fingerprint density at radius 1 is 1.36 bits per heavy atom. The Bertz CT molecular complexity index is 655. The second kappa shape index (κ2) is 7.61. The van der Waals surface area contributed by atoms with Crippen LogP contribution in [0, 0.1) is 0 Å². The van der Waals surface area contributed by atoms with E-state index in [2.05, 4.69) is 30.1 Å². The summed E-state index contributed by atoms with van der Waals surface area (Å²) in [6.45, 7) is 6.45. The summed E-state index contributed by atoms with van der Waals surface area (Å²) in [4.78, 5) is 14.3. The minimum atomic E-state index is -0.136. The zero-order valence-electron chi connectivity index (χ0n) is 15.4. The zero-order valence-corrected chi connectivity index (χ0v) is 15.4. The Hall–Kier alpha value is -1.81. The first-order valence-corrected chi connectivity index (χ1v) is 9.51. The highest BCUT2D eigenvalue weighted by molar-refractivity contribution is 5.91. The van der Waals surface area contributed by atoms with Gasteiger partial charge in [-0.05, 0) is 68.8 Å². The number of carbonyl (C=O) groups is 1. The lowest BCUT2D eigenvalue weighted by Gasteiger charge is -2.39. The predicted octanol–water partition coefficient (Wildman–Crippen LogP) is 3.19. The third-order valence-electron chi connectivity index (χ3n) is 5.67. The van der Waals surface area contributed by atoms with Gasteiger partial charge in [0.2, 0.25) is 0 Å². The van der Waals surface area contributed by atoms with Crippen LogP contribution < -0.4 is 5.32 Å². The van der Waals surface area contributed by atoms with Gasteiger partial charge < -0.3 is 10.4 Å². The first-order chi connectivity index (χ1) is 12.0. The highest BCUT2D eigenvalue weighted by Gasteiger charge is 2.31. The van der Waals surface area contributed by atoms with Gasteiger partial charge in [-0.25, -0.2) is 0 Å². The Kier molecular flexibility index (Phi) is 5.48. The van der Waals surface area contributed by atoms with Crippen molar-refractivity contribution in [1.29, 1.82) is 0 Å². The largest absolute Gasteiger partial charge is 0.508 e. The number of fused-ring (bicyclic) bond motifs is 1. The van der Waals surface area contributed by atoms with E-state index in [1.54, 1.807) is 18.3 Å². The second-order valence-corrected chi connectivity index (χ2v) is 7.78. The second-order valence-electron chi connectivity index (χ2n) is 7.78. The van der Waals surface area contributed by atoms with Crippen molar-refractivity contribution in [2.45, 2.75) is 64.0 Å². The number of nitrogens with one attached hydrogen (secondary N) is 1. The normalized spacial score (nSPS) is 25.7. The SMILES string of the molecule is CCCN(CCC1(C)CC(=O)C=CN1)C1CCc2c(O)cccc2C1. The first kappa shape index (κ1) is 18.0. The molecule has 1 aliphatic heterocycles. The van der Waals surface area contributed by atoms with Crippen LogP contribution in [-0.2, 0) is 17.6 Å². The summed E-state index contributed by atoms with van der Waals surface area (Å²) in [5.74, 6) is 0.660. The van der Waals surface area contributed by atoms with Crippen molar-refractivity contribution in [2.24, 2.45) is 0 Å². The summed E-state index contributed by atoms with van der Waals surface area (Å²) >= 11 is 0. The number of allylic oxidation sites excluding steroid dienone is 1. The molecule has 1 aromatic carbocycles. The van der Waals surface area contributed by atoms with Gasteiger partial charge in [-0.15, -0.1) is 0 Å². The third-order valence-corrected chi connectivity index (χ3v) is 5.67. The maximum absolute atomic E-state index is 11.8. The van der Waals surface area contributed by atoms with Crippen LogP contribution in [0.4, 0.5) is 0 Å². The molecule has 0 saturated carbocycles. The molecule has 0 spiro atoms. The molecule has 1 heterocycles. The molecule has 2 atom stereocenters. The molecule has 0 radical (unpaired) electrons. The zero-order chi connectivity index (χ0) is 17.9. The van der Waals surface area contributed by atoms with E-state index >= 15 is 0 Å². The lowest BCUT2D eigenvalue weighted by atomic mass is 9.85. The van der Waals surface area contributed by atoms with E-state index in [0.717, 1.165) is 50.8 Å². The summed E-state index contributed by atoms with van der Waals surface area (Å²) in [5.41, 5.74) is 2.28. The van der Waals surface area contributed by atoms with Crippen molar-refractivity contribution in [2.75, 3.05) is 13.1 Å². The molecular formula is C21H30N2O2. The fourth-order valence-electron chi connectivity index (χ4n) is 4.22. The van der Waals surface area contributed by atoms with Gasteiger partial charge >= 0.3 is 0 Å². The van der Waals surface area contributed by atoms with Gasteiger partial charge in [0.1, 0.15) is 5.75 Å². The Labute approximate surface area is 150 Å². The summed E-state index contributed by atoms with van der Waals surface area (Å²) in [6, 6.07) is 6.42. The summed E-state index contributed by atoms with van der Waals surface area (Å²) < 4.78 is 0. The van der Waals surface area contributed by atoms with Gasteiger partial charge in [-0.3, -0.25) is 9.69 Å². The maximum Gasteiger partial charge on any atom is 0.159 e. The minimum absolute atomic E-state index is 0.136. The number of benzene rings is 1. The minimum Gasteiger partial charge on any atom is -0.508 e. The Morgan fingerprint density at radius 3 is 2.96 bits per heavy atom. The van der Waals surface area contributed by atoms with Crippen molar-refractivity contribution in [3.05, 3.63) is 41.6 Å². The van der Waals surface area contributed by atoms with Crippen LogP contribution in [0.15, 0.2) is 30.5 Å². The maximum atomic E-state index is 11.8. The topological polar surface area (TPSA) is 52.6 Å². The standard InChI is InChI=1S/C21H30N2O2/c1-3-12-23(13-10-21(2)15-18(24)9-11-22-21)17-7-8-19-16(14-17)5-4-6-20(19)25/h4-6,9,11,17,22,25H,3,7-8,10,12-15H2,1-2H3. The van der Waals surface area contributed by atoms with Gasteiger partial charge in [0.25, 0.3) is 0 Å². The van der Waals surface area contributed by atoms with Crippen LogP contribution in [0.1, 0.15) is 50.7 Å². The highest BCUT2D eigenvalue weighted by atomic mass is 16.3. The summed E-state index contributed by atoms with van der Waals surface area (Å²) in [6.07, 6.45) is 9.15. The highest BCUT2D eigenvalue weighted by Crippen LogP contribution is 2.31. The number of hydrogen-bond donors (Lipinski definition) is 2. The number of nitrogens with zero attached hydrogens (tertiary/aromatic N) is 1. The van der Waals surface area contributed by atoms with E-state index in [9.17, 15) is 9.90 Å². The van der Waals surface area contributed by atoms with Crippen LogP contribution in [0.25, 0.3) is 0 Å². The van der Waals surface area contributed by atoms with Gasteiger partial charge in [-0.1, -0.05) is 19.1 Å². The van der Waals surface area contributed by atoms with Gasteiger partial charge in [0.05, 0.1) is 0 Å². The van der Waals surface area contributed by atoms with Crippen LogP contribution in [-0.4, -0.2) is 40.5 Å². The average Bonchev–Trinajstić information content (AvgIpc) is 2.58. The monoisotopic (exact) mass is 342 g/mol. The Balaban J connectivity index is 1.65. The lowest BCUT2D eigenvalue weighted by Crippen LogP contribution is -2.48. The van der Waals surface area contributed by atoms with Crippen molar-refractivity contribution < 1.29 is 9.90 Å². The summed E-state index contributed by atoms with van der Waals surface area (Å²) in [7, 11) is 0. The molecule has 0 saturated heterocycles. The quantitative estimate of drug-likeness (QED) is 0.834. The fourth-order valence-corrected chi connectivity index (χ4v) is 4.22. The van der Waals surface area contributed by atoms with Crippen LogP contribution in [0.5, 0.6) is 5.75 Å². The number of ketones is 1. The fraction of sp³-hybridized carbons (Fsp3) is 0.571. The number of rotatable bonds is 6. The smallest absolute Gasteiger partial charge is 0.159 e. The van der Waals surface area contributed by atoms with Crippen LogP contribution >= 0.6 is 0 Å². The van der Waals surface area contributed by atoms with Gasteiger partial charge in [-0.2, -0.15) is 0 Å². The molecule has 2 N–H and O–H groups in total. The number of carbonyl (C=O) groups excluding carboxylic acids is 1. The van der Waals surface area contributed by atoms with Crippen molar-refractivity contribution >= 4 is 5.78 Å². The predicted molar refractivity (Wildman–Crippen MR) is 101 cm³/mol. The van der Waals surface area contributed by atoms with Crippen molar-refractivity contribution in [1.82, 2.24) is 10.2 Å². The van der Waals surface area contributed by atoms with E-state index < -0.39 is 0 Å². The first-order valence-electron chi connectivity index (χ1n) is 9.51. The molecule has 4 nitrogen and oxygen atoms in total. The van der Waals surface area contributed by atoms with E-state index in [-0.39, 0.29) is 11.3 Å². The van der Waals surface area contributed by atoms with Crippen LogP contribution in [0.3, 0.4) is 0 Å². The Morgan fingerprint density at radius 2 is 2.20 bits per heavy atom. The summed E-state index contributed by atoms with van der Waals surface area (Å²) in [5, 5.41) is 13.4. The number of aromatic hydroxyl groups is 1. The lowest BCUT2D eigenvalue weighted by molar-refractivity contribution is -0.116. The molecule has 2 unspecified atom stereocenters. The number of hydrogen-bond acceptors (Lipinski definition) is 4. The molecule has 0 amide bonds. The molecular weight excluding hydrogens is 312 g/mol. The van der Waals surface area contributed by atoms with Gasteiger partial charge in [0, 0.05) is 30.7 Å². The molecule has 25 heavy (non-hydrogen) atoms. The number of phenols is 1. The third kappa shape index (κ3) is 4.24. The van der Waals surface area contributed by atoms with E-state index in [4.69, 9.17) is 0 Å². The van der Waals surface area contributed by atoms with Crippen molar-refractivity contribution in [3.8, 4) is 5.75 Å². The van der Waals surface area contributed by atoms with Crippen LogP contribution in [0.2, 0.25) is 0 Å². The van der Waals surface area contributed by atoms with Crippen molar-refractivity contribution in [3.63, 3.8) is 0 Å². The molecule has 1 aliphatic carbocycles. The van der Waals surface area contributed by atoms with E-state index in [0.29, 0.717) is 18.2 Å². The average molecular weight is 342 g/mol.